The van der Waals surface area contributed by atoms with E-state index >= 15 is 0 Å². The topological polar surface area (TPSA) is 24.9 Å². The molecule has 0 aliphatic heterocycles. The largest absolute Gasteiger partial charge is 0.310 e. The van der Waals surface area contributed by atoms with Crippen LogP contribution in [0.5, 0.6) is 0 Å². The third kappa shape index (κ3) is 3.95. The summed E-state index contributed by atoms with van der Waals surface area (Å²) in [4.78, 5) is 5.59. The molecule has 0 spiro atoms. The number of aromatic nitrogens is 1. The number of nitrogens with one attached hydrogen (secondary N) is 1. The van der Waals surface area contributed by atoms with Gasteiger partial charge in [0.05, 0.1) is 4.88 Å². The van der Waals surface area contributed by atoms with Gasteiger partial charge in [0.2, 0.25) is 0 Å². The predicted molar refractivity (Wildman–Crippen MR) is 94.4 cm³/mol. The zero-order valence-corrected chi connectivity index (χ0v) is 13.7. The van der Waals surface area contributed by atoms with E-state index in [1.54, 1.807) is 11.3 Å². The van der Waals surface area contributed by atoms with Crippen LogP contribution in [0.2, 0.25) is 5.02 Å². The van der Waals surface area contributed by atoms with Crippen LogP contribution in [-0.4, -0.2) is 11.5 Å². The van der Waals surface area contributed by atoms with Crippen molar-refractivity contribution in [2.45, 2.75) is 13.0 Å². The van der Waals surface area contributed by atoms with Gasteiger partial charge in [-0.2, -0.15) is 0 Å². The van der Waals surface area contributed by atoms with Crippen molar-refractivity contribution in [3.63, 3.8) is 0 Å². The first-order valence-corrected chi connectivity index (χ1v) is 8.46. The molecule has 0 atom stereocenters. The Hall–Kier alpha value is -1.68. The highest BCUT2D eigenvalue weighted by Crippen LogP contribution is 2.31. The van der Waals surface area contributed by atoms with Gasteiger partial charge < -0.3 is 5.32 Å². The molecule has 0 saturated carbocycles. The van der Waals surface area contributed by atoms with Gasteiger partial charge in [-0.25, -0.2) is 4.98 Å². The van der Waals surface area contributed by atoms with Crippen LogP contribution in [0.15, 0.2) is 60.8 Å². The van der Waals surface area contributed by atoms with Crippen LogP contribution in [-0.2, 0) is 13.0 Å². The molecule has 0 aliphatic carbocycles. The van der Waals surface area contributed by atoms with Crippen LogP contribution >= 0.6 is 22.9 Å². The monoisotopic (exact) mass is 328 g/mol. The quantitative estimate of drug-likeness (QED) is 0.658. The molecule has 0 saturated heterocycles. The Morgan fingerprint density at radius 2 is 1.77 bits per heavy atom. The second kappa shape index (κ2) is 7.54. The zero-order chi connectivity index (χ0) is 15.2. The molecule has 0 amide bonds. The van der Waals surface area contributed by atoms with E-state index in [-0.39, 0.29) is 0 Å². The number of halogens is 1. The van der Waals surface area contributed by atoms with Gasteiger partial charge in [0.15, 0.2) is 0 Å². The number of benzene rings is 2. The molecular formula is C18H17ClN2S. The van der Waals surface area contributed by atoms with E-state index in [2.05, 4.69) is 34.6 Å². The Labute approximate surface area is 139 Å². The Bertz CT molecular complexity index is 725. The summed E-state index contributed by atoms with van der Waals surface area (Å²) < 4.78 is 0. The van der Waals surface area contributed by atoms with E-state index in [9.17, 15) is 0 Å². The maximum atomic E-state index is 6.23. The van der Waals surface area contributed by atoms with Gasteiger partial charge in [-0.3, -0.25) is 0 Å². The molecule has 4 heteroatoms. The van der Waals surface area contributed by atoms with Gasteiger partial charge in [-0.05, 0) is 24.6 Å². The maximum Gasteiger partial charge on any atom is 0.107 e. The van der Waals surface area contributed by atoms with Crippen molar-refractivity contribution in [2.75, 3.05) is 6.54 Å². The van der Waals surface area contributed by atoms with Crippen molar-refractivity contribution in [3.05, 3.63) is 76.4 Å². The molecule has 22 heavy (non-hydrogen) atoms. The first kappa shape index (κ1) is 15.2. The minimum absolute atomic E-state index is 0.773. The minimum Gasteiger partial charge on any atom is -0.310 e. The molecule has 3 rings (SSSR count). The molecule has 0 radical (unpaired) electrons. The average Bonchev–Trinajstić information content (AvgIpc) is 3.02. The highest BCUT2D eigenvalue weighted by molar-refractivity contribution is 7.15. The molecule has 0 bridgehead atoms. The van der Waals surface area contributed by atoms with Gasteiger partial charge in [0.1, 0.15) is 5.01 Å². The number of nitrogens with zero attached hydrogens (tertiary/aromatic N) is 1. The Balaban J connectivity index is 1.53. The lowest BCUT2D eigenvalue weighted by Crippen LogP contribution is -2.16. The van der Waals surface area contributed by atoms with E-state index < -0.39 is 0 Å². The Morgan fingerprint density at radius 1 is 1.00 bits per heavy atom. The summed E-state index contributed by atoms with van der Waals surface area (Å²) >= 11 is 7.91. The predicted octanol–water partition coefficient (Wildman–Crippen LogP) is 4.80. The third-order valence-corrected chi connectivity index (χ3v) is 4.76. The first-order chi connectivity index (χ1) is 10.8. The fourth-order valence-corrected chi connectivity index (χ4v) is 3.47. The van der Waals surface area contributed by atoms with Crippen LogP contribution in [0.25, 0.3) is 10.4 Å². The number of hydrogen-bond acceptors (Lipinski definition) is 3. The fourth-order valence-electron chi connectivity index (χ4n) is 2.25. The summed E-state index contributed by atoms with van der Waals surface area (Å²) in [6, 6.07) is 18.4. The van der Waals surface area contributed by atoms with Gasteiger partial charge in [-0.15, -0.1) is 11.3 Å². The Kier molecular flexibility index (Phi) is 5.22. The Morgan fingerprint density at radius 3 is 2.59 bits per heavy atom. The van der Waals surface area contributed by atoms with Crippen molar-refractivity contribution in [2.24, 2.45) is 0 Å². The number of thiazole rings is 1. The number of hydrogen-bond donors (Lipinski definition) is 1. The van der Waals surface area contributed by atoms with Crippen molar-refractivity contribution < 1.29 is 0 Å². The van der Waals surface area contributed by atoms with Crippen LogP contribution in [0.4, 0.5) is 0 Å². The molecule has 112 valence electrons. The van der Waals surface area contributed by atoms with Crippen molar-refractivity contribution >= 4 is 22.9 Å². The highest BCUT2D eigenvalue weighted by Gasteiger charge is 2.07. The lowest BCUT2D eigenvalue weighted by atomic mass is 10.1. The van der Waals surface area contributed by atoms with Crippen LogP contribution in [0.1, 0.15) is 10.6 Å². The normalized spacial score (nSPS) is 10.8. The molecule has 0 unspecified atom stereocenters. The van der Waals surface area contributed by atoms with Crippen LogP contribution in [0, 0.1) is 0 Å². The van der Waals surface area contributed by atoms with E-state index in [4.69, 9.17) is 11.6 Å². The summed E-state index contributed by atoms with van der Waals surface area (Å²) in [5, 5.41) is 5.30. The second-order valence-corrected chi connectivity index (χ2v) is 6.53. The van der Waals surface area contributed by atoms with Crippen LogP contribution < -0.4 is 5.32 Å². The van der Waals surface area contributed by atoms with E-state index in [1.807, 2.05) is 36.5 Å². The molecule has 1 heterocycles. The molecule has 0 aliphatic rings. The summed E-state index contributed by atoms with van der Waals surface area (Å²) in [5.41, 5.74) is 2.41. The van der Waals surface area contributed by atoms with Crippen LogP contribution in [0.3, 0.4) is 0 Å². The summed E-state index contributed by atoms with van der Waals surface area (Å²) in [6.07, 6.45) is 2.93. The smallest absolute Gasteiger partial charge is 0.107 e. The molecular weight excluding hydrogens is 312 g/mol. The van der Waals surface area contributed by atoms with Crippen molar-refractivity contribution in [1.82, 2.24) is 10.3 Å². The molecule has 1 aromatic heterocycles. The fraction of sp³-hybridized carbons (Fsp3) is 0.167. The van der Waals surface area contributed by atoms with E-state index in [0.717, 1.165) is 40.0 Å². The summed E-state index contributed by atoms with van der Waals surface area (Å²) in [6.45, 7) is 1.74. The van der Waals surface area contributed by atoms with Crippen molar-refractivity contribution in [3.8, 4) is 10.4 Å². The van der Waals surface area contributed by atoms with Gasteiger partial charge in [-0.1, -0.05) is 60.1 Å². The molecule has 0 fully saturated rings. The lowest BCUT2D eigenvalue weighted by molar-refractivity contribution is 0.684. The first-order valence-electron chi connectivity index (χ1n) is 7.27. The molecule has 1 N–H and O–H groups in total. The third-order valence-electron chi connectivity index (χ3n) is 3.40. The highest BCUT2D eigenvalue weighted by atomic mass is 35.5. The number of rotatable bonds is 6. The minimum atomic E-state index is 0.773. The van der Waals surface area contributed by atoms with Crippen molar-refractivity contribution in [1.29, 1.82) is 0 Å². The SMILES string of the molecule is Clc1ccccc1-c1cnc(CNCCc2ccccc2)s1. The second-order valence-electron chi connectivity index (χ2n) is 5.01. The van der Waals surface area contributed by atoms with Gasteiger partial charge >= 0.3 is 0 Å². The molecule has 2 nitrogen and oxygen atoms in total. The standard InChI is InChI=1S/C18H17ClN2S/c19-16-9-5-4-8-15(16)17-12-21-18(22-17)13-20-11-10-14-6-2-1-3-7-14/h1-9,12,20H,10-11,13H2. The van der Waals surface area contributed by atoms with Gasteiger partial charge in [0, 0.05) is 23.3 Å². The summed E-state index contributed by atoms with van der Waals surface area (Å²) in [7, 11) is 0. The van der Waals surface area contributed by atoms with Gasteiger partial charge in [0.25, 0.3) is 0 Å². The average molecular weight is 329 g/mol. The van der Waals surface area contributed by atoms with E-state index in [1.165, 1.54) is 5.56 Å². The summed E-state index contributed by atoms with van der Waals surface area (Å²) in [5.74, 6) is 0. The lowest BCUT2D eigenvalue weighted by Gasteiger charge is -2.02. The maximum absolute atomic E-state index is 6.23. The molecule has 2 aromatic carbocycles. The zero-order valence-electron chi connectivity index (χ0n) is 12.1. The molecule has 3 aromatic rings. The van der Waals surface area contributed by atoms with E-state index in [0.29, 0.717) is 0 Å².